The first kappa shape index (κ1) is 18.9. The monoisotopic (exact) mass is 362 g/mol. The largest absolute Gasteiger partial charge is 0.459 e. The zero-order valence-electron chi connectivity index (χ0n) is 15.7. The molecule has 3 aliphatic rings. The van der Waals surface area contributed by atoms with Gasteiger partial charge in [0, 0.05) is 12.0 Å². The molecule has 0 bridgehead atoms. The molecule has 2 aliphatic heterocycles. The lowest BCUT2D eigenvalue weighted by Crippen LogP contribution is -2.37. The molecule has 6 nitrogen and oxygen atoms in total. The average Bonchev–Trinajstić information content (AvgIpc) is 3.04. The van der Waals surface area contributed by atoms with Gasteiger partial charge in [0.05, 0.1) is 18.1 Å². The van der Waals surface area contributed by atoms with Crippen molar-refractivity contribution in [2.45, 2.75) is 70.6 Å². The molecule has 0 saturated carbocycles. The van der Waals surface area contributed by atoms with E-state index in [1.165, 1.54) is 0 Å². The summed E-state index contributed by atoms with van der Waals surface area (Å²) >= 11 is 0. The van der Waals surface area contributed by atoms with Crippen LogP contribution in [0.25, 0.3) is 0 Å². The van der Waals surface area contributed by atoms with Gasteiger partial charge in [0.15, 0.2) is 5.60 Å². The van der Waals surface area contributed by atoms with Crippen LogP contribution in [0, 0.1) is 5.92 Å². The second-order valence-corrected chi connectivity index (χ2v) is 7.73. The van der Waals surface area contributed by atoms with Crippen LogP contribution < -0.4 is 0 Å². The lowest BCUT2D eigenvalue weighted by Gasteiger charge is -2.28. The molecule has 1 aliphatic carbocycles. The van der Waals surface area contributed by atoms with Gasteiger partial charge in [-0.25, -0.2) is 9.59 Å². The van der Waals surface area contributed by atoms with E-state index in [0.717, 1.165) is 11.1 Å². The number of esters is 2. The predicted octanol–water partition coefficient (Wildman–Crippen LogP) is 2.22. The van der Waals surface area contributed by atoms with Gasteiger partial charge in [-0.3, -0.25) is 0 Å². The summed E-state index contributed by atoms with van der Waals surface area (Å²) in [5.74, 6) is -1.39. The summed E-state index contributed by atoms with van der Waals surface area (Å²) in [4.78, 5) is 24.7. The van der Waals surface area contributed by atoms with Gasteiger partial charge in [-0.05, 0) is 40.2 Å². The van der Waals surface area contributed by atoms with Crippen LogP contribution in [0.4, 0.5) is 0 Å². The summed E-state index contributed by atoms with van der Waals surface area (Å²) in [5, 5.41) is 10.2. The molecule has 0 radical (unpaired) electrons. The smallest absolute Gasteiger partial charge is 0.341 e. The van der Waals surface area contributed by atoms with Crippen molar-refractivity contribution >= 4 is 11.9 Å². The van der Waals surface area contributed by atoms with Gasteiger partial charge in [0.2, 0.25) is 0 Å². The fourth-order valence-electron chi connectivity index (χ4n) is 3.68. The second kappa shape index (κ2) is 6.67. The third kappa shape index (κ3) is 3.48. The van der Waals surface area contributed by atoms with E-state index in [0.29, 0.717) is 18.4 Å². The predicted molar refractivity (Wildman–Crippen MR) is 94.1 cm³/mol. The van der Waals surface area contributed by atoms with Gasteiger partial charge in [-0.15, -0.1) is 0 Å². The molecule has 6 heteroatoms. The van der Waals surface area contributed by atoms with Crippen LogP contribution in [0.15, 0.2) is 35.5 Å². The molecule has 3 rings (SSSR count). The minimum absolute atomic E-state index is 0.199. The summed E-state index contributed by atoms with van der Waals surface area (Å²) in [6.45, 7) is 11.1. The van der Waals surface area contributed by atoms with E-state index in [2.05, 4.69) is 6.58 Å². The quantitative estimate of drug-likeness (QED) is 0.351. The Morgan fingerprint density at radius 1 is 1.31 bits per heavy atom. The maximum absolute atomic E-state index is 12.6. The van der Waals surface area contributed by atoms with Crippen LogP contribution >= 0.6 is 0 Å². The number of hydrogen-bond acceptors (Lipinski definition) is 6. The highest BCUT2D eigenvalue weighted by atomic mass is 16.7. The van der Waals surface area contributed by atoms with Gasteiger partial charge in [-0.1, -0.05) is 23.8 Å². The normalized spacial score (nSPS) is 44.1. The fraction of sp³-hybridized carbons (Fsp3) is 0.600. The highest BCUT2D eigenvalue weighted by Crippen LogP contribution is 2.40. The number of aliphatic hydroxyl groups excluding tert-OH is 1. The van der Waals surface area contributed by atoms with E-state index in [1.54, 1.807) is 13.0 Å². The van der Waals surface area contributed by atoms with Crippen LogP contribution in [0.1, 0.15) is 40.5 Å². The first-order chi connectivity index (χ1) is 12.1. The molecule has 0 aromatic rings. The number of carbonyl (C=O) groups excluding carboxylic acids is 2. The number of rotatable bonds is 2. The summed E-state index contributed by atoms with van der Waals surface area (Å²) in [7, 11) is 0. The van der Waals surface area contributed by atoms with Crippen molar-refractivity contribution in [1.29, 1.82) is 0 Å². The van der Waals surface area contributed by atoms with Gasteiger partial charge in [0.1, 0.15) is 12.2 Å². The molecular formula is C20H26O6. The Balaban J connectivity index is 1.93. The molecular weight excluding hydrogens is 336 g/mol. The van der Waals surface area contributed by atoms with Crippen LogP contribution in [0.5, 0.6) is 0 Å². The van der Waals surface area contributed by atoms with E-state index in [4.69, 9.17) is 14.2 Å². The SMILES string of the molecule is C=C1C(=O)O[C@@H]2/C=C(/C)C[C@H](O)/C=C(/C)C[C@@H](OC(=O)[C@]3(C)O[C@@H]3C)[C@@H]12. The van der Waals surface area contributed by atoms with E-state index in [9.17, 15) is 14.7 Å². The van der Waals surface area contributed by atoms with Gasteiger partial charge >= 0.3 is 11.9 Å². The Morgan fingerprint density at radius 3 is 2.54 bits per heavy atom. The van der Waals surface area contributed by atoms with Crippen molar-refractivity contribution in [1.82, 2.24) is 0 Å². The number of aliphatic hydroxyl groups is 1. The lowest BCUT2D eigenvalue weighted by atomic mass is 9.85. The second-order valence-electron chi connectivity index (χ2n) is 7.73. The maximum atomic E-state index is 12.6. The van der Waals surface area contributed by atoms with E-state index < -0.39 is 41.8 Å². The Labute approximate surface area is 153 Å². The number of ether oxygens (including phenoxy) is 3. The van der Waals surface area contributed by atoms with E-state index >= 15 is 0 Å². The van der Waals surface area contributed by atoms with Gasteiger partial charge in [0.25, 0.3) is 0 Å². The zero-order chi connectivity index (χ0) is 19.2. The average molecular weight is 362 g/mol. The topological polar surface area (TPSA) is 85.4 Å². The molecule has 142 valence electrons. The van der Waals surface area contributed by atoms with Crippen LogP contribution in [-0.2, 0) is 23.8 Å². The summed E-state index contributed by atoms with van der Waals surface area (Å²) < 4.78 is 16.6. The fourth-order valence-corrected chi connectivity index (χ4v) is 3.68. The standard InChI is InChI=1S/C20H26O6/c1-10-6-14(21)7-11(2)9-16(25-19(23)20(5)13(4)26-20)17-12(3)18(22)24-15(17)8-10/h7-8,13-17,21H,3,6,9H2,1-2,4-5H3/b10-8-,11-7-/t13-,14+,15-,16-,17+,20-/m1/s1. The molecule has 6 atom stereocenters. The minimum atomic E-state index is -0.946. The van der Waals surface area contributed by atoms with Crippen LogP contribution in [-0.4, -0.2) is 47.1 Å². The van der Waals surface area contributed by atoms with Crippen LogP contribution in [0.3, 0.4) is 0 Å². The van der Waals surface area contributed by atoms with Crippen molar-refractivity contribution in [2.75, 3.05) is 0 Å². The molecule has 2 fully saturated rings. The van der Waals surface area contributed by atoms with E-state index in [1.807, 2.05) is 26.8 Å². The maximum Gasteiger partial charge on any atom is 0.341 e. The number of epoxide rings is 1. The molecule has 2 saturated heterocycles. The molecule has 0 aromatic carbocycles. The molecule has 0 aromatic heterocycles. The molecule has 26 heavy (non-hydrogen) atoms. The van der Waals surface area contributed by atoms with Crippen molar-refractivity contribution in [3.63, 3.8) is 0 Å². The van der Waals surface area contributed by atoms with Crippen molar-refractivity contribution in [3.05, 3.63) is 35.5 Å². The molecule has 0 amide bonds. The third-order valence-electron chi connectivity index (χ3n) is 5.45. The Hall–Kier alpha value is -1.92. The third-order valence-corrected chi connectivity index (χ3v) is 5.45. The number of carbonyl (C=O) groups is 2. The lowest BCUT2D eigenvalue weighted by molar-refractivity contribution is -0.157. The molecule has 0 unspecified atom stereocenters. The van der Waals surface area contributed by atoms with Crippen molar-refractivity contribution in [2.24, 2.45) is 5.92 Å². The van der Waals surface area contributed by atoms with Crippen molar-refractivity contribution in [3.8, 4) is 0 Å². The Bertz CT molecular complexity index is 705. The number of hydrogen-bond donors (Lipinski definition) is 1. The number of fused-ring (bicyclic) bond motifs is 1. The summed E-state index contributed by atoms with van der Waals surface area (Å²) in [6.07, 6.45) is 2.41. The highest BCUT2D eigenvalue weighted by Gasteiger charge is 2.58. The highest BCUT2D eigenvalue weighted by molar-refractivity contribution is 5.91. The summed E-state index contributed by atoms with van der Waals surface area (Å²) in [5.41, 5.74) is 1.14. The van der Waals surface area contributed by atoms with Crippen molar-refractivity contribution < 1.29 is 28.9 Å². The first-order valence-electron chi connectivity index (χ1n) is 8.93. The van der Waals surface area contributed by atoms with Gasteiger partial charge < -0.3 is 19.3 Å². The van der Waals surface area contributed by atoms with E-state index in [-0.39, 0.29) is 6.10 Å². The first-order valence-corrected chi connectivity index (χ1v) is 8.93. The molecule has 0 spiro atoms. The zero-order valence-corrected chi connectivity index (χ0v) is 15.7. The Morgan fingerprint density at radius 2 is 1.92 bits per heavy atom. The molecule has 1 N–H and O–H groups in total. The Kier molecular flexibility index (Phi) is 4.84. The van der Waals surface area contributed by atoms with Crippen LogP contribution in [0.2, 0.25) is 0 Å². The minimum Gasteiger partial charge on any atom is -0.459 e. The van der Waals surface area contributed by atoms with Gasteiger partial charge in [-0.2, -0.15) is 0 Å². The summed E-state index contributed by atoms with van der Waals surface area (Å²) in [6, 6.07) is 0. The molecule has 2 heterocycles.